The Labute approximate surface area is 156 Å². The zero-order valence-corrected chi connectivity index (χ0v) is 14.8. The van der Waals surface area contributed by atoms with Crippen molar-refractivity contribution >= 4 is 11.6 Å². The van der Waals surface area contributed by atoms with E-state index in [0.29, 0.717) is 29.3 Å². The summed E-state index contributed by atoms with van der Waals surface area (Å²) in [6.07, 6.45) is 0. The maximum Gasteiger partial charge on any atom is 0.287 e. The summed E-state index contributed by atoms with van der Waals surface area (Å²) >= 11 is 0. The number of benzene rings is 2. The van der Waals surface area contributed by atoms with Gasteiger partial charge in [-0.3, -0.25) is 20.7 Å². The van der Waals surface area contributed by atoms with Crippen LogP contribution in [-0.4, -0.2) is 27.8 Å². The van der Waals surface area contributed by atoms with E-state index in [1.165, 1.54) is 0 Å². The lowest BCUT2D eigenvalue weighted by Crippen LogP contribution is -2.36. The Morgan fingerprint density at radius 1 is 1.19 bits per heavy atom. The first kappa shape index (κ1) is 18.1. The van der Waals surface area contributed by atoms with Crippen LogP contribution in [0.2, 0.25) is 0 Å². The van der Waals surface area contributed by atoms with Gasteiger partial charge in [0.25, 0.3) is 5.91 Å². The second kappa shape index (κ2) is 8.09. The Bertz CT molecular complexity index is 965. The van der Waals surface area contributed by atoms with Gasteiger partial charge in [0.2, 0.25) is 0 Å². The number of hydrazine groups is 1. The molecule has 1 heterocycles. The highest BCUT2D eigenvalue weighted by molar-refractivity contribution is 5.93. The lowest BCUT2D eigenvalue weighted by atomic mass is 10.1. The molecule has 27 heavy (non-hydrogen) atoms. The number of aromatic hydroxyl groups is 1. The summed E-state index contributed by atoms with van der Waals surface area (Å²) in [5.74, 6) is 0.422. The van der Waals surface area contributed by atoms with E-state index < -0.39 is 5.91 Å². The number of carbonyl (C=O) groups excluding carboxylic acids is 1. The minimum Gasteiger partial charge on any atom is -0.508 e. The summed E-state index contributed by atoms with van der Waals surface area (Å²) < 4.78 is 5.60. The number of hydrogen-bond acceptors (Lipinski definition) is 5. The molecule has 0 aliphatic carbocycles. The second-order valence-electron chi connectivity index (χ2n) is 5.70. The normalized spacial score (nSPS) is 10.3. The van der Waals surface area contributed by atoms with Crippen LogP contribution in [-0.2, 0) is 0 Å². The summed E-state index contributed by atoms with van der Waals surface area (Å²) in [6, 6.07) is 15.7. The van der Waals surface area contributed by atoms with Crippen molar-refractivity contribution in [3.05, 3.63) is 72.4 Å². The first-order chi connectivity index (χ1) is 13.1. The number of phenols is 1. The van der Waals surface area contributed by atoms with Crippen LogP contribution in [0.3, 0.4) is 0 Å². The molecule has 0 saturated heterocycles. The quantitative estimate of drug-likeness (QED) is 0.483. The number of ether oxygens (including phenoxy) is 1. The van der Waals surface area contributed by atoms with Crippen molar-refractivity contribution in [1.29, 1.82) is 0 Å². The van der Waals surface area contributed by atoms with Gasteiger partial charge in [0.1, 0.15) is 17.2 Å². The van der Waals surface area contributed by atoms with Gasteiger partial charge in [-0.25, -0.2) is 0 Å². The Morgan fingerprint density at radius 3 is 2.78 bits per heavy atom. The van der Waals surface area contributed by atoms with Gasteiger partial charge in [0.15, 0.2) is 0 Å². The molecular formula is C20H20N4O3. The third-order valence-corrected chi connectivity index (χ3v) is 3.81. The van der Waals surface area contributed by atoms with Crippen molar-refractivity contribution < 1.29 is 14.6 Å². The fraction of sp³-hybridized carbons (Fsp3) is 0.100. The topological polar surface area (TPSA) is 99.3 Å². The maximum absolute atomic E-state index is 12.3. The number of para-hydroxylation sites is 1. The van der Waals surface area contributed by atoms with E-state index in [0.717, 1.165) is 5.56 Å². The van der Waals surface area contributed by atoms with Crippen molar-refractivity contribution in [2.75, 3.05) is 6.61 Å². The van der Waals surface area contributed by atoms with Crippen molar-refractivity contribution in [1.82, 2.24) is 21.0 Å². The van der Waals surface area contributed by atoms with Gasteiger partial charge in [0, 0.05) is 11.1 Å². The number of phenolic OH excluding ortho intramolecular Hbond substituents is 1. The average molecular weight is 364 g/mol. The van der Waals surface area contributed by atoms with Crippen LogP contribution in [0, 0.1) is 0 Å². The number of hydrogen-bond donors (Lipinski definition) is 4. The molecule has 0 fully saturated rings. The standard InChI is InChI=1S/C20H20N4O3/c1-3-27-19-10-5-4-9-16(19)17-12-18(23-22-17)20(26)24-21-13(2)14-7-6-8-15(25)11-14/h4-12,21,25H,2-3H2,1H3,(H,22,23)(H,24,26). The van der Waals surface area contributed by atoms with Crippen molar-refractivity contribution in [2.24, 2.45) is 0 Å². The lowest BCUT2D eigenvalue weighted by molar-refractivity contribution is 0.0937. The van der Waals surface area contributed by atoms with Gasteiger partial charge in [-0.2, -0.15) is 5.10 Å². The highest BCUT2D eigenvalue weighted by Gasteiger charge is 2.14. The van der Waals surface area contributed by atoms with Gasteiger partial charge in [-0.15, -0.1) is 0 Å². The third kappa shape index (κ3) is 4.27. The number of rotatable bonds is 7. The highest BCUT2D eigenvalue weighted by atomic mass is 16.5. The summed E-state index contributed by atoms with van der Waals surface area (Å²) in [4.78, 5) is 12.3. The first-order valence-corrected chi connectivity index (χ1v) is 8.40. The smallest absolute Gasteiger partial charge is 0.287 e. The molecule has 3 aromatic rings. The molecule has 1 aromatic heterocycles. The minimum atomic E-state index is -0.399. The Morgan fingerprint density at radius 2 is 2.00 bits per heavy atom. The van der Waals surface area contributed by atoms with Gasteiger partial charge >= 0.3 is 0 Å². The Balaban J connectivity index is 1.68. The predicted octanol–water partition coefficient (Wildman–Crippen LogP) is 3.09. The number of carbonyl (C=O) groups is 1. The van der Waals surface area contributed by atoms with E-state index in [1.807, 2.05) is 31.2 Å². The number of nitrogens with one attached hydrogen (secondary N) is 3. The zero-order chi connectivity index (χ0) is 19.2. The van der Waals surface area contributed by atoms with Crippen LogP contribution in [0.15, 0.2) is 61.2 Å². The Kier molecular flexibility index (Phi) is 5.41. The van der Waals surface area contributed by atoms with E-state index in [1.54, 1.807) is 30.3 Å². The summed E-state index contributed by atoms with van der Waals surface area (Å²) in [5, 5.41) is 16.4. The van der Waals surface area contributed by atoms with E-state index in [9.17, 15) is 9.90 Å². The molecule has 2 aromatic carbocycles. The largest absolute Gasteiger partial charge is 0.508 e. The maximum atomic E-state index is 12.3. The van der Waals surface area contributed by atoms with E-state index >= 15 is 0 Å². The molecule has 0 unspecified atom stereocenters. The molecule has 7 nitrogen and oxygen atoms in total. The number of aromatic nitrogens is 2. The molecule has 1 amide bonds. The summed E-state index contributed by atoms with van der Waals surface area (Å²) in [5.41, 5.74) is 8.07. The first-order valence-electron chi connectivity index (χ1n) is 8.40. The van der Waals surface area contributed by atoms with Crippen LogP contribution in [0.1, 0.15) is 23.0 Å². The molecule has 0 bridgehead atoms. The predicted molar refractivity (Wildman–Crippen MR) is 103 cm³/mol. The molecule has 0 aliphatic rings. The molecule has 3 rings (SSSR count). The van der Waals surface area contributed by atoms with E-state index in [2.05, 4.69) is 27.6 Å². The molecule has 0 aliphatic heterocycles. The SMILES string of the molecule is C=C(NNC(=O)c1cc(-c2ccccc2OCC)n[nH]1)c1cccc(O)c1. The molecule has 4 N–H and O–H groups in total. The molecule has 0 radical (unpaired) electrons. The summed E-state index contributed by atoms with van der Waals surface area (Å²) in [7, 11) is 0. The fourth-order valence-corrected chi connectivity index (χ4v) is 2.50. The van der Waals surface area contributed by atoms with Gasteiger partial charge in [0.05, 0.1) is 18.0 Å². The monoisotopic (exact) mass is 364 g/mol. The average Bonchev–Trinajstić information content (AvgIpc) is 3.16. The van der Waals surface area contributed by atoms with Crippen molar-refractivity contribution in [3.8, 4) is 22.8 Å². The fourth-order valence-electron chi connectivity index (χ4n) is 2.50. The van der Waals surface area contributed by atoms with Crippen LogP contribution in [0.4, 0.5) is 0 Å². The van der Waals surface area contributed by atoms with Gasteiger partial charge in [-0.1, -0.05) is 30.8 Å². The molecule has 0 atom stereocenters. The lowest BCUT2D eigenvalue weighted by Gasteiger charge is -2.10. The molecular weight excluding hydrogens is 344 g/mol. The van der Waals surface area contributed by atoms with Crippen molar-refractivity contribution in [2.45, 2.75) is 6.92 Å². The van der Waals surface area contributed by atoms with Crippen molar-refractivity contribution in [3.63, 3.8) is 0 Å². The molecule has 0 saturated carbocycles. The number of H-pyrrole nitrogens is 1. The van der Waals surface area contributed by atoms with Crippen LogP contribution in [0.25, 0.3) is 17.0 Å². The van der Waals surface area contributed by atoms with Gasteiger partial charge < -0.3 is 9.84 Å². The number of aromatic amines is 1. The van der Waals surface area contributed by atoms with Crippen LogP contribution in [0.5, 0.6) is 11.5 Å². The van der Waals surface area contributed by atoms with E-state index in [-0.39, 0.29) is 11.4 Å². The van der Waals surface area contributed by atoms with E-state index in [4.69, 9.17) is 4.74 Å². The van der Waals surface area contributed by atoms with Gasteiger partial charge in [-0.05, 0) is 37.3 Å². The zero-order valence-electron chi connectivity index (χ0n) is 14.8. The minimum absolute atomic E-state index is 0.118. The van der Waals surface area contributed by atoms with Crippen LogP contribution >= 0.6 is 0 Å². The number of amides is 1. The van der Waals surface area contributed by atoms with Crippen LogP contribution < -0.4 is 15.6 Å². The molecule has 0 spiro atoms. The highest BCUT2D eigenvalue weighted by Crippen LogP contribution is 2.28. The second-order valence-corrected chi connectivity index (χ2v) is 5.70. The molecule has 7 heteroatoms. The summed E-state index contributed by atoms with van der Waals surface area (Å²) in [6.45, 7) is 6.28. The Hall–Kier alpha value is -3.74. The number of nitrogens with zero attached hydrogens (tertiary/aromatic N) is 1. The third-order valence-electron chi connectivity index (χ3n) is 3.81. The molecule has 138 valence electrons.